The number of carbonyl (C=O) groups is 1. The maximum absolute atomic E-state index is 12.1. The number of H-pyrrole nitrogens is 1. The minimum Gasteiger partial charge on any atom is -0.493 e. The molecule has 0 bridgehead atoms. The number of ether oxygens (including phenoxy) is 1. The number of carbonyl (C=O) groups excluding carboxylic acids is 1. The van der Waals surface area contributed by atoms with E-state index in [1.165, 1.54) is 6.21 Å². The van der Waals surface area contributed by atoms with Crippen LogP contribution in [0.15, 0.2) is 58.2 Å². The Bertz CT molecular complexity index is 837. The number of furan rings is 1. The highest BCUT2D eigenvalue weighted by Gasteiger charge is 2.12. The van der Waals surface area contributed by atoms with Gasteiger partial charge in [0.2, 0.25) is 0 Å². The minimum absolute atomic E-state index is 0.219. The highest BCUT2D eigenvalue weighted by atomic mass is 16.5. The van der Waals surface area contributed by atoms with Gasteiger partial charge in [0.25, 0.3) is 5.91 Å². The van der Waals surface area contributed by atoms with Crippen LogP contribution in [0.3, 0.4) is 0 Å². The van der Waals surface area contributed by atoms with Gasteiger partial charge >= 0.3 is 0 Å². The van der Waals surface area contributed by atoms with Gasteiger partial charge in [0, 0.05) is 11.6 Å². The number of rotatable bonds is 6. The van der Waals surface area contributed by atoms with Gasteiger partial charge in [-0.3, -0.25) is 9.89 Å². The topological polar surface area (TPSA) is 92.5 Å². The van der Waals surface area contributed by atoms with Gasteiger partial charge < -0.3 is 9.15 Å². The van der Waals surface area contributed by atoms with Crippen LogP contribution in [0.5, 0.6) is 5.75 Å². The Morgan fingerprint density at radius 3 is 3.04 bits per heavy atom. The lowest BCUT2D eigenvalue weighted by atomic mass is 10.2. The molecule has 0 radical (unpaired) electrons. The first kappa shape index (κ1) is 15.5. The second-order valence-corrected chi connectivity index (χ2v) is 4.81. The van der Waals surface area contributed by atoms with Crippen LogP contribution in [0.4, 0.5) is 0 Å². The molecule has 2 N–H and O–H groups in total. The number of hydrazone groups is 1. The molecule has 1 aromatic carbocycles. The standard InChI is InChI=1S/C17H16N4O3/c1-2-23-15-7-4-3-6-12(15)11-18-21-17(22)14-10-13(19-20-14)16-8-5-9-24-16/h3-11H,2H2,1H3,(H,19,20)(H,21,22)/b18-11+. The lowest BCUT2D eigenvalue weighted by Crippen LogP contribution is -2.18. The molecule has 0 aliphatic heterocycles. The second-order valence-electron chi connectivity index (χ2n) is 4.81. The first-order chi connectivity index (χ1) is 11.8. The first-order valence-electron chi connectivity index (χ1n) is 7.42. The zero-order valence-electron chi connectivity index (χ0n) is 13.0. The molecule has 7 heteroatoms. The monoisotopic (exact) mass is 324 g/mol. The van der Waals surface area contributed by atoms with Gasteiger partial charge in [-0.05, 0) is 31.2 Å². The van der Waals surface area contributed by atoms with Crippen molar-refractivity contribution < 1.29 is 13.9 Å². The Labute approximate surface area is 138 Å². The largest absolute Gasteiger partial charge is 0.493 e. The zero-order valence-corrected chi connectivity index (χ0v) is 13.0. The van der Waals surface area contributed by atoms with E-state index in [4.69, 9.17) is 9.15 Å². The fourth-order valence-corrected chi connectivity index (χ4v) is 2.09. The van der Waals surface area contributed by atoms with Crippen LogP contribution < -0.4 is 10.2 Å². The van der Waals surface area contributed by atoms with Crippen molar-refractivity contribution >= 4 is 12.1 Å². The van der Waals surface area contributed by atoms with E-state index in [2.05, 4.69) is 20.7 Å². The molecule has 0 saturated carbocycles. The molecule has 0 aliphatic rings. The third kappa shape index (κ3) is 3.52. The third-order valence-electron chi connectivity index (χ3n) is 3.19. The molecule has 0 aliphatic carbocycles. The predicted octanol–water partition coefficient (Wildman–Crippen LogP) is 2.83. The summed E-state index contributed by atoms with van der Waals surface area (Å²) in [5.41, 5.74) is 4.05. The molecule has 0 fully saturated rings. The number of para-hydroxylation sites is 1. The zero-order chi connectivity index (χ0) is 16.8. The quantitative estimate of drug-likeness (QED) is 0.538. The number of hydrogen-bond donors (Lipinski definition) is 2. The number of amides is 1. The van der Waals surface area contributed by atoms with Crippen LogP contribution >= 0.6 is 0 Å². The Morgan fingerprint density at radius 2 is 2.25 bits per heavy atom. The van der Waals surface area contributed by atoms with Crippen LogP contribution in [0.2, 0.25) is 0 Å². The fraction of sp³-hybridized carbons (Fsp3) is 0.118. The van der Waals surface area contributed by atoms with E-state index in [0.29, 0.717) is 23.8 Å². The van der Waals surface area contributed by atoms with E-state index in [1.807, 2.05) is 31.2 Å². The van der Waals surface area contributed by atoms with Gasteiger partial charge in [0.05, 0.1) is 19.1 Å². The summed E-state index contributed by atoms with van der Waals surface area (Å²) in [6, 6.07) is 12.6. The van der Waals surface area contributed by atoms with E-state index in [9.17, 15) is 4.79 Å². The number of nitrogens with zero attached hydrogens (tertiary/aromatic N) is 2. The maximum Gasteiger partial charge on any atom is 0.291 e. The summed E-state index contributed by atoms with van der Waals surface area (Å²) in [6.07, 6.45) is 3.08. The molecule has 0 atom stereocenters. The summed E-state index contributed by atoms with van der Waals surface area (Å²) < 4.78 is 10.7. The fourth-order valence-electron chi connectivity index (χ4n) is 2.09. The smallest absolute Gasteiger partial charge is 0.291 e. The van der Waals surface area contributed by atoms with E-state index >= 15 is 0 Å². The van der Waals surface area contributed by atoms with Crippen LogP contribution in [0, 0.1) is 0 Å². The van der Waals surface area contributed by atoms with E-state index in [0.717, 1.165) is 5.56 Å². The van der Waals surface area contributed by atoms with Gasteiger partial charge in [-0.15, -0.1) is 0 Å². The molecule has 122 valence electrons. The number of aromatic nitrogens is 2. The molecule has 0 unspecified atom stereocenters. The van der Waals surface area contributed by atoms with Crippen molar-refractivity contribution in [1.82, 2.24) is 15.6 Å². The Morgan fingerprint density at radius 1 is 1.38 bits per heavy atom. The van der Waals surface area contributed by atoms with Crippen LogP contribution in [-0.4, -0.2) is 28.9 Å². The molecule has 2 aromatic heterocycles. The maximum atomic E-state index is 12.1. The molecule has 24 heavy (non-hydrogen) atoms. The Balaban J connectivity index is 1.65. The Kier molecular flexibility index (Phi) is 4.71. The minimum atomic E-state index is -0.422. The lowest BCUT2D eigenvalue weighted by molar-refractivity contribution is 0.0950. The van der Waals surface area contributed by atoms with Crippen molar-refractivity contribution in [3.8, 4) is 17.2 Å². The predicted molar refractivity (Wildman–Crippen MR) is 89.0 cm³/mol. The van der Waals surface area contributed by atoms with Crippen LogP contribution in [0.1, 0.15) is 23.0 Å². The molecular formula is C17H16N4O3. The van der Waals surface area contributed by atoms with Crippen molar-refractivity contribution in [2.75, 3.05) is 6.61 Å². The van der Waals surface area contributed by atoms with Crippen molar-refractivity contribution in [3.05, 3.63) is 60.0 Å². The number of hydrogen-bond acceptors (Lipinski definition) is 5. The van der Waals surface area contributed by atoms with Gasteiger partial charge in [0.1, 0.15) is 11.4 Å². The highest BCUT2D eigenvalue weighted by molar-refractivity contribution is 5.94. The van der Waals surface area contributed by atoms with Crippen LogP contribution in [0.25, 0.3) is 11.5 Å². The molecule has 1 amide bonds. The summed E-state index contributed by atoms with van der Waals surface area (Å²) >= 11 is 0. The van der Waals surface area contributed by atoms with E-state index < -0.39 is 5.91 Å². The van der Waals surface area contributed by atoms with Crippen molar-refractivity contribution in [3.63, 3.8) is 0 Å². The number of aromatic amines is 1. The summed E-state index contributed by atoms with van der Waals surface area (Å²) in [4.78, 5) is 12.1. The van der Waals surface area contributed by atoms with Crippen LogP contribution in [-0.2, 0) is 0 Å². The van der Waals surface area contributed by atoms with Crippen molar-refractivity contribution in [2.24, 2.45) is 5.10 Å². The average molecular weight is 324 g/mol. The van der Waals surface area contributed by atoms with E-state index in [1.54, 1.807) is 24.5 Å². The SMILES string of the molecule is CCOc1ccccc1/C=N/NC(=O)c1cc(-c2ccco2)[nH]n1. The number of nitrogens with one attached hydrogen (secondary N) is 2. The third-order valence-corrected chi connectivity index (χ3v) is 3.19. The summed E-state index contributed by atoms with van der Waals surface area (Å²) in [6.45, 7) is 2.46. The molecule has 2 heterocycles. The van der Waals surface area contributed by atoms with Gasteiger partial charge in [-0.1, -0.05) is 12.1 Å². The average Bonchev–Trinajstić information content (AvgIpc) is 3.28. The van der Waals surface area contributed by atoms with Gasteiger partial charge in [-0.2, -0.15) is 10.2 Å². The molecule has 3 aromatic rings. The molecule has 0 saturated heterocycles. The molecule has 7 nitrogen and oxygen atoms in total. The Hall–Kier alpha value is -3.35. The summed E-state index contributed by atoms with van der Waals surface area (Å²) in [5.74, 6) is 0.891. The van der Waals surface area contributed by atoms with Gasteiger partial charge in [0.15, 0.2) is 11.5 Å². The summed E-state index contributed by atoms with van der Waals surface area (Å²) in [5, 5.41) is 10.6. The molecular weight excluding hydrogens is 308 g/mol. The normalized spacial score (nSPS) is 10.9. The molecule has 3 rings (SSSR count). The number of benzene rings is 1. The van der Waals surface area contributed by atoms with E-state index in [-0.39, 0.29) is 5.69 Å². The molecule has 0 spiro atoms. The highest BCUT2D eigenvalue weighted by Crippen LogP contribution is 2.18. The first-order valence-corrected chi connectivity index (χ1v) is 7.42. The second kappa shape index (κ2) is 7.28. The van der Waals surface area contributed by atoms with Crippen molar-refractivity contribution in [1.29, 1.82) is 0 Å². The van der Waals surface area contributed by atoms with Crippen molar-refractivity contribution in [2.45, 2.75) is 6.92 Å². The lowest BCUT2D eigenvalue weighted by Gasteiger charge is -2.05. The van der Waals surface area contributed by atoms with Gasteiger partial charge in [-0.25, -0.2) is 5.43 Å². The summed E-state index contributed by atoms with van der Waals surface area (Å²) in [7, 11) is 0.